The molecule has 144 valence electrons. The van der Waals surface area contributed by atoms with Crippen molar-refractivity contribution >= 4 is 36.8 Å². The lowest BCUT2D eigenvalue weighted by atomic mass is 9.97. The number of carbonyl (C=O) groups is 2. The summed E-state index contributed by atoms with van der Waals surface area (Å²) in [6, 6.07) is -0.201. The number of nitrogens with two attached hydrogens (primary N) is 2. The van der Waals surface area contributed by atoms with E-state index >= 15 is 0 Å². The minimum Gasteiger partial charge on any atom is -0.469 e. The predicted molar refractivity (Wildman–Crippen MR) is 92.3 cm³/mol. The highest BCUT2D eigenvalue weighted by Gasteiger charge is 2.30. The number of hydrogen-bond donors (Lipinski definition) is 2. The van der Waals surface area contributed by atoms with E-state index in [1.54, 1.807) is 0 Å². The topological polar surface area (TPSA) is 123 Å². The zero-order valence-electron chi connectivity index (χ0n) is 14.0. The van der Waals surface area contributed by atoms with Gasteiger partial charge in [-0.3, -0.25) is 9.59 Å². The Labute approximate surface area is 154 Å². The summed E-state index contributed by atoms with van der Waals surface area (Å²) < 4.78 is 19.3. The fraction of sp³-hybridized carbons (Fsp3) is 0.857. The Balaban J connectivity index is 0. The van der Waals surface area contributed by atoms with Crippen molar-refractivity contribution in [1.29, 1.82) is 0 Å². The molecule has 0 aromatic rings. The van der Waals surface area contributed by atoms with Gasteiger partial charge in [-0.2, -0.15) is 0 Å². The maximum absolute atomic E-state index is 11.0. The number of hydrogen-bond acceptors (Lipinski definition) is 8. The van der Waals surface area contributed by atoms with Crippen LogP contribution in [-0.2, 0) is 28.5 Å². The van der Waals surface area contributed by atoms with E-state index in [4.69, 9.17) is 20.9 Å². The quantitative estimate of drug-likeness (QED) is 0.625. The molecule has 0 spiro atoms. The molecule has 10 heteroatoms. The monoisotopic (exact) mass is 390 g/mol. The second kappa shape index (κ2) is 13.6. The third-order valence-electron chi connectivity index (χ3n) is 3.83. The molecule has 4 atom stereocenters. The lowest BCUT2D eigenvalue weighted by Gasteiger charge is -2.26. The summed E-state index contributed by atoms with van der Waals surface area (Å²) >= 11 is 0. The van der Waals surface area contributed by atoms with Gasteiger partial charge < -0.3 is 30.4 Å². The van der Waals surface area contributed by atoms with Gasteiger partial charge in [0.15, 0.2) is 0 Å². The van der Waals surface area contributed by atoms with Gasteiger partial charge >= 0.3 is 11.9 Å². The first-order valence-electron chi connectivity index (χ1n) is 7.33. The third kappa shape index (κ3) is 7.96. The molecule has 0 bridgehead atoms. The number of carbonyl (C=O) groups excluding carboxylic acids is 2. The lowest BCUT2D eigenvalue weighted by Crippen LogP contribution is -2.43. The minimum absolute atomic E-state index is 0. The molecule has 2 fully saturated rings. The highest BCUT2D eigenvalue weighted by molar-refractivity contribution is 5.85. The molecule has 2 rings (SSSR count). The largest absolute Gasteiger partial charge is 0.469 e. The molecule has 8 nitrogen and oxygen atoms in total. The predicted octanol–water partition coefficient (Wildman–Crippen LogP) is -0.110. The van der Waals surface area contributed by atoms with E-state index in [0.29, 0.717) is 26.4 Å². The first-order chi connectivity index (χ1) is 10.5. The molecule has 2 aliphatic heterocycles. The Bertz CT molecular complexity index is 341. The second-order valence-electron chi connectivity index (χ2n) is 5.31. The zero-order valence-corrected chi connectivity index (χ0v) is 15.6. The molecule has 0 aliphatic carbocycles. The van der Waals surface area contributed by atoms with Crippen LogP contribution in [0.15, 0.2) is 0 Å². The Morgan fingerprint density at radius 1 is 0.833 bits per heavy atom. The second-order valence-corrected chi connectivity index (χ2v) is 5.31. The van der Waals surface area contributed by atoms with Crippen LogP contribution in [0.25, 0.3) is 0 Å². The van der Waals surface area contributed by atoms with Gasteiger partial charge in [-0.05, 0) is 12.8 Å². The highest BCUT2D eigenvalue weighted by Crippen LogP contribution is 2.14. The molecule has 0 saturated carbocycles. The normalized spacial score (nSPS) is 28.8. The smallest absolute Gasteiger partial charge is 0.312 e. The third-order valence-corrected chi connectivity index (χ3v) is 3.83. The van der Waals surface area contributed by atoms with Crippen LogP contribution in [0.3, 0.4) is 0 Å². The molecular formula is C14H28Cl2N2O6. The van der Waals surface area contributed by atoms with Crippen LogP contribution < -0.4 is 11.5 Å². The maximum Gasteiger partial charge on any atom is 0.312 e. The molecule has 0 unspecified atom stereocenters. The van der Waals surface area contributed by atoms with E-state index in [2.05, 4.69) is 9.47 Å². The Kier molecular flexibility index (Phi) is 14.5. The van der Waals surface area contributed by atoms with E-state index in [0.717, 1.165) is 12.8 Å². The van der Waals surface area contributed by atoms with Gasteiger partial charge in [-0.1, -0.05) is 0 Å². The van der Waals surface area contributed by atoms with Crippen molar-refractivity contribution < 1.29 is 28.5 Å². The fourth-order valence-corrected chi connectivity index (χ4v) is 2.30. The summed E-state index contributed by atoms with van der Waals surface area (Å²) in [5, 5.41) is 0. The van der Waals surface area contributed by atoms with Crippen LogP contribution in [-0.4, -0.2) is 64.7 Å². The van der Waals surface area contributed by atoms with Gasteiger partial charge in [0.25, 0.3) is 0 Å². The van der Waals surface area contributed by atoms with E-state index in [1.165, 1.54) is 14.2 Å². The molecule has 0 aromatic carbocycles. The molecule has 24 heavy (non-hydrogen) atoms. The number of rotatable bonds is 2. The first-order valence-corrected chi connectivity index (χ1v) is 7.33. The fourth-order valence-electron chi connectivity index (χ4n) is 2.30. The molecule has 0 aromatic heterocycles. The molecule has 2 saturated heterocycles. The van der Waals surface area contributed by atoms with Crippen molar-refractivity contribution in [3.8, 4) is 0 Å². The lowest BCUT2D eigenvalue weighted by molar-refractivity contribution is -0.151. The SMILES string of the molecule is COC(=O)[C@@H]1COCC[C@H]1N.COC(=O)[C@H]1COCC[C@@H]1N.Cl.Cl. The number of methoxy groups -OCH3 is 2. The average Bonchev–Trinajstić information content (AvgIpc) is 2.55. The zero-order chi connectivity index (χ0) is 16.5. The summed E-state index contributed by atoms with van der Waals surface area (Å²) in [6.07, 6.45) is 1.47. The Morgan fingerprint density at radius 3 is 1.42 bits per heavy atom. The summed E-state index contributed by atoms with van der Waals surface area (Å²) in [4.78, 5) is 22.0. The van der Waals surface area contributed by atoms with E-state index in [-0.39, 0.29) is 60.7 Å². The molecular weight excluding hydrogens is 363 g/mol. The van der Waals surface area contributed by atoms with Crippen LogP contribution >= 0.6 is 24.8 Å². The van der Waals surface area contributed by atoms with Gasteiger partial charge in [-0.25, -0.2) is 0 Å². The van der Waals surface area contributed by atoms with Gasteiger partial charge in [0.2, 0.25) is 0 Å². The van der Waals surface area contributed by atoms with Crippen LogP contribution in [0.5, 0.6) is 0 Å². The minimum atomic E-state index is -0.270. The summed E-state index contributed by atoms with van der Waals surface area (Å²) in [6.45, 7) is 2.09. The number of ether oxygens (including phenoxy) is 4. The van der Waals surface area contributed by atoms with Crippen molar-refractivity contribution in [2.24, 2.45) is 23.3 Å². The van der Waals surface area contributed by atoms with E-state index in [1.807, 2.05) is 0 Å². The van der Waals surface area contributed by atoms with E-state index in [9.17, 15) is 9.59 Å². The van der Waals surface area contributed by atoms with Crippen molar-refractivity contribution in [2.75, 3.05) is 40.6 Å². The Hall–Kier alpha value is -0.640. The maximum atomic E-state index is 11.0. The average molecular weight is 391 g/mol. The van der Waals surface area contributed by atoms with Crippen molar-refractivity contribution in [1.82, 2.24) is 0 Å². The van der Waals surface area contributed by atoms with Gasteiger partial charge in [0.05, 0.1) is 39.3 Å². The van der Waals surface area contributed by atoms with Crippen molar-refractivity contribution in [3.05, 3.63) is 0 Å². The van der Waals surface area contributed by atoms with Crippen LogP contribution in [0.2, 0.25) is 0 Å². The molecule has 0 radical (unpaired) electrons. The number of esters is 2. The Morgan fingerprint density at radius 2 is 1.17 bits per heavy atom. The standard InChI is InChI=1S/2C7H13NO3.2ClH/c2*1-10-7(9)5-4-11-3-2-6(5)8;;/h2*5-6H,2-4,8H2,1H3;2*1H/t2*5-,6-;;/m10../s1. The summed E-state index contributed by atoms with van der Waals surface area (Å²) in [7, 11) is 2.73. The van der Waals surface area contributed by atoms with Crippen LogP contribution in [0.1, 0.15) is 12.8 Å². The summed E-state index contributed by atoms with van der Waals surface area (Å²) in [5.74, 6) is -1.07. The molecule has 0 amide bonds. The summed E-state index contributed by atoms with van der Waals surface area (Å²) in [5.41, 5.74) is 11.3. The first kappa shape index (κ1) is 25.6. The molecule has 2 aliphatic rings. The van der Waals surface area contributed by atoms with Gasteiger partial charge in [0.1, 0.15) is 0 Å². The molecule has 4 N–H and O–H groups in total. The van der Waals surface area contributed by atoms with Gasteiger partial charge in [0, 0.05) is 25.3 Å². The van der Waals surface area contributed by atoms with Crippen molar-refractivity contribution in [3.63, 3.8) is 0 Å². The van der Waals surface area contributed by atoms with Crippen LogP contribution in [0, 0.1) is 11.8 Å². The van der Waals surface area contributed by atoms with Crippen molar-refractivity contribution in [2.45, 2.75) is 24.9 Å². The number of halogens is 2. The van der Waals surface area contributed by atoms with Gasteiger partial charge in [-0.15, -0.1) is 24.8 Å². The van der Waals surface area contributed by atoms with E-state index < -0.39 is 0 Å². The van der Waals surface area contributed by atoms with Crippen LogP contribution in [0.4, 0.5) is 0 Å². The highest BCUT2D eigenvalue weighted by atomic mass is 35.5. The molecule has 2 heterocycles.